The Morgan fingerprint density at radius 1 is 1.53 bits per heavy atom. The molecule has 0 fully saturated rings. The average Bonchev–Trinajstić information content (AvgIpc) is 2.36. The summed E-state index contributed by atoms with van der Waals surface area (Å²) in [6.45, 7) is 3.01. The highest BCUT2D eigenvalue weighted by molar-refractivity contribution is 6.03. The molecular formula is C13H17N3O. The number of hydrogen-bond acceptors (Lipinski definition) is 3. The topological polar surface area (TPSA) is 58.4 Å². The van der Waals surface area contributed by atoms with Gasteiger partial charge in [0.25, 0.3) is 5.91 Å². The smallest absolute Gasteiger partial charge is 0.254 e. The molecule has 3 N–H and O–H groups in total. The maximum atomic E-state index is 12.0. The van der Waals surface area contributed by atoms with Crippen molar-refractivity contribution < 1.29 is 4.79 Å². The molecule has 1 amide bonds. The lowest BCUT2D eigenvalue weighted by Gasteiger charge is -2.43. The summed E-state index contributed by atoms with van der Waals surface area (Å²) in [5.74, 6) is 0.0269. The number of para-hydroxylation sites is 1. The van der Waals surface area contributed by atoms with E-state index in [0.717, 1.165) is 36.2 Å². The van der Waals surface area contributed by atoms with Crippen LogP contribution in [0.3, 0.4) is 0 Å². The molecular weight excluding hydrogens is 214 g/mol. The van der Waals surface area contributed by atoms with Gasteiger partial charge in [-0.05, 0) is 24.5 Å². The molecule has 1 aromatic rings. The van der Waals surface area contributed by atoms with E-state index in [1.165, 1.54) is 0 Å². The van der Waals surface area contributed by atoms with E-state index >= 15 is 0 Å². The minimum Gasteiger partial charge on any atom is -0.350 e. The van der Waals surface area contributed by atoms with Crippen molar-refractivity contribution in [3.05, 3.63) is 29.3 Å². The zero-order valence-corrected chi connectivity index (χ0v) is 9.94. The summed E-state index contributed by atoms with van der Waals surface area (Å²) in [6.07, 6.45) is 1.97. The number of carbonyl (C=O) groups excluding carboxylic acids is 1. The van der Waals surface area contributed by atoms with Crippen LogP contribution in [0.2, 0.25) is 0 Å². The van der Waals surface area contributed by atoms with Crippen molar-refractivity contribution in [3.8, 4) is 0 Å². The van der Waals surface area contributed by atoms with Crippen molar-refractivity contribution in [2.45, 2.75) is 32.0 Å². The van der Waals surface area contributed by atoms with E-state index in [0.29, 0.717) is 0 Å². The monoisotopic (exact) mass is 231 g/mol. The van der Waals surface area contributed by atoms with E-state index in [1.54, 1.807) is 0 Å². The maximum absolute atomic E-state index is 12.0. The molecule has 0 spiro atoms. The molecule has 3 rings (SSSR count). The van der Waals surface area contributed by atoms with Gasteiger partial charge in [-0.3, -0.25) is 4.79 Å². The number of nitrogens with two attached hydrogens (primary N) is 1. The molecule has 0 radical (unpaired) electrons. The van der Waals surface area contributed by atoms with E-state index in [9.17, 15) is 4.79 Å². The molecule has 0 aliphatic carbocycles. The molecule has 0 aromatic heterocycles. The van der Waals surface area contributed by atoms with E-state index in [2.05, 4.69) is 17.1 Å². The molecule has 17 heavy (non-hydrogen) atoms. The summed E-state index contributed by atoms with van der Waals surface area (Å²) in [4.78, 5) is 14.3. The Bertz CT molecular complexity index is 472. The highest BCUT2D eigenvalue weighted by Gasteiger charge is 2.35. The quantitative estimate of drug-likeness (QED) is 0.767. The molecule has 4 nitrogen and oxygen atoms in total. The van der Waals surface area contributed by atoms with Crippen LogP contribution in [0.4, 0.5) is 5.69 Å². The fraction of sp³-hybridized carbons (Fsp3) is 0.462. The minimum absolute atomic E-state index is 0.0269. The van der Waals surface area contributed by atoms with Crippen LogP contribution in [0.15, 0.2) is 18.2 Å². The Kier molecular flexibility index (Phi) is 2.33. The van der Waals surface area contributed by atoms with Gasteiger partial charge in [0.15, 0.2) is 0 Å². The highest BCUT2D eigenvalue weighted by atomic mass is 16.2. The Morgan fingerprint density at radius 3 is 3.12 bits per heavy atom. The number of carbonyl (C=O) groups is 1. The zero-order valence-electron chi connectivity index (χ0n) is 9.94. The second kappa shape index (κ2) is 3.74. The molecule has 4 heteroatoms. The van der Waals surface area contributed by atoms with Crippen molar-refractivity contribution in [3.63, 3.8) is 0 Å². The van der Waals surface area contributed by atoms with Crippen molar-refractivity contribution in [1.82, 2.24) is 5.32 Å². The standard InChI is InChI=1S/C13H17N3O/c1-2-11-15-13(17)9-5-3-4-8-10(14)6-7-16(11)12(8)9/h3-5,10-11H,2,6-7,14H2,1H3,(H,15,17)/t10-,11+/m0/s1. The third-order valence-corrected chi connectivity index (χ3v) is 3.74. The summed E-state index contributed by atoms with van der Waals surface area (Å²) in [5.41, 5.74) is 9.07. The van der Waals surface area contributed by atoms with Crippen LogP contribution in [0, 0.1) is 0 Å². The van der Waals surface area contributed by atoms with Crippen molar-refractivity contribution in [1.29, 1.82) is 0 Å². The SMILES string of the molecule is CC[C@@H]1NC(=O)c2cccc3c2N1CC[C@@H]3N. The number of nitrogens with one attached hydrogen (secondary N) is 1. The summed E-state index contributed by atoms with van der Waals surface area (Å²) < 4.78 is 0. The van der Waals surface area contributed by atoms with E-state index in [-0.39, 0.29) is 18.1 Å². The fourth-order valence-electron chi connectivity index (χ4n) is 2.85. The number of amides is 1. The molecule has 0 bridgehead atoms. The Morgan fingerprint density at radius 2 is 2.35 bits per heavy atom. The minimum atomic E-state index is 0.0269. The zero-order chi connectivity index (χ0) is 12.0. The molecule has 2 heterocycles. The van der Waals surface area contributed by atoms with Crippen molar-refractivity contribution in [2.75, 3.05) is 11.4 Å². The summed E-state index contributed by atoms with van der Waals surface area (Å²) in [6, 6.07) is 5.90. The van der Waals surface area contributed by atoms with Gasteiger partial charge in [0.2, 0.25) is 0 Å². The number of nitrogens with zero attached hydrogens (tertiary/aromatic N) is 1. The second-order valence-electron chi connectivity index (χ2n) is 4.73. The van der Waals surface area contributed by atoms with Gasteiger partial charge in [-0.25, -0.2) is 0 Å². The van der Waals surface area contributed by atoms with Crippen LogP contribution < -0.4 is 16.0 Å². The van der Waals surface area contributed by atoms with E-state index in [1.807, 2.05) is 18.2 Å². The Balaban J connectivity index is 2.19. The van der Waals surface area contributed by atoms with Gasteiger partial charge < -0.3 is 16.0 Å². The Hall–Kier alpha value is -1.55. The van der Waals surface area contributed by atoms with E-state index < -0.39 is 0 Å². The Labute approximate surface area is 101 Å². The fourth-order valence-corrected chi connectivity index (χ4v) is 2.85. The van der Waals surface area contributed by atoms with Crippen LogP contribution in [0.5, 0.6) is 0 Å². The normalized spacial score (nSPS) is 26.5. The molecule has 2 aliphatic rings. The van der Waals surface area contributed by atoms with Crippen LogP contribution >= 0.6 is 0 Å². The van der Waals surface area contributed by atoms with Crippen molar-refractivity contribution in [2.24, 2.45) is 5.73 Å². The predicted molar refractivity (Wildman–Crippen MR) is 66.9 cm³/mol. The summed E-state index contributed by atoms with van der Waals surface area (Å²) in [5, 5.41) is 3.05. The first-order valence-corrected chi connectivity index (χ1v) is 6.18. The first-order chi connectivity index (χ1) is 8.22. The van der Waals surface area contributed by atoms with Gasteiger partial charge in [0.05, 0.1) is 11.3 Å². The summed E-state index contributed by atoms with van der Waals surface area (Å²) >= 11 is 0. The third kappa shape index (κ3) is 1.44. The molecule has 0 unspecified atom stereocenters. The number of hydrogen-bond donors (Lipinski definition) is 2. The van der Waals surface area contributed by atoms with Crippen molar-refractivity contribution >= 4 is 11.6 Å². The number of anilines is 1. The lowest BCUT2D eigenvalue weighted by Crippen LogP contribution is -2.55. The maximum Gasteiger partial charge on any atom is 0.254 e. The molecule has 2 aliphatic heterocycles. The molecule has 0 saturated carbocycles. The van der Waals surface area contributed by atoms with Gasteiger partial charge in [-0.1, -0.05) is 19.1 Å². The summed E-state index contributed by atoms with van der Waals surface area (Å²) in [7, 11) is 0. The van der Waals surface area contributed by atoms with Gasteiger partial charge in [0.1, 0.15) is 6.17 Å². The highest BCUT2D eigenvalue weighted by Crippen LogP contribution is 2.38. The first-order valence-electron chi connectivity index (χ1n) is 6.18. The predicted octanol–water partition coefficient (Wildman–Crippen LogP) is 1.38. The van der Waals surface area contributed by atoms with Gasteiger partial charge in [-0.15, -0.1) is 0 Å². The first kappa shape index (κ1) is 10.6. The molecule has 0 saturated heterocycles. The van der Waals surface area contributed by atoms with Crippen LogP contribution in [-0.4, -0.2) is 18.6 Å². The van der Waals surface area contributed by atoms with Crippen LogP contribution in [0.1, 0.15) is 41.7 Å². The van der Waals surface area contributed by atoms with Gasteiger partial charge >= 0.3 is 0 Å². The average molecular weight is 231 g/mol. The second-order valence-corrected chi connectivity index (χ2v) is 4.73. The molecule has 2 atom stereocenters. The molecule has 1 aromatic carbocycles. The molecule has 90 valence electrons. The van der Waals surface area contributed by atoms with Crippen LogP contribution in [-0.2, 0) is 0 Å². The number of benzene rings is 1. The number of rotatable bonds is 1. The van der Waals surface area contributed by atoms with Gasteiger partial charge in [0, 0.05) is 12.6 Å². The van der Waals surface area contributed by atoms with Crippen LogP contribution in [0.25, 0.3) is 0 Å². The third-order valence-electron chi connectivity index (χ3n) is 3.74. The lowest BCUT2D eigenvalue weighted by molar-refractivity contribution is 0.0924. The van der Waals surface area contributed by atoms with E-state index in [4.69, 9.17) is 5.73 Å². The lowest BCUT2D eigenvalue weighted by atomic mass is 9.91. The van der Waals surface area contributed by atoms with Gasteiger partial charge in [-0.2, -0.15) is 0 Å². The largest absolute Gasteiger partial charge is 0.350 e.